The SMILES string of the molecule is [2H]c1c([2H])c(N(c2ccc(-c3ccc(-c4cccc5ccccc45)cc3)cc2)c2c([2H])c([2H])c(-c3ccc4ccccc4c3-c3ccccc3)c([2H])c2[2H])c([2H])c([2H])c1-c1ccc(-c2ccc3ccccc3c2)cc1. The van der Waals surface area contributed by atoms with Gasteiger partial charge in [-0.3, -0.25) is 0 Å². The summed E-state index contributed by atoms with van der Waals surface area (Å²) in [6, 6.07) is 70.4. The molecule has 0 fully saturated rings. The van der Waals surface area contributed by atoms with Gasteiger partial charge in [-0.15, -0.1) is 0 Å². The lowest BCUT2D eigenvalue weighted by Crippen LogP contribution is -2.09. The molecule has 0 bridgehead atoms. The maximum atomic E-state index is 9.82. The largest absolute Gasteiger partial charge is 0.311 e. The molecule has 314 valence electrons. The molecule has 0 radical (unpaired) electrons. The average Bonchev–Trinajstić information content (AvgIpc) is 3.46. The van der Waals surface area contributed by atoms with Crippen LogP contribution in [-0.2, 0) is 0 Å². The third-order valence-electron chi connectivity index (χ3n) is 12.6. The van der Waals surface area contributed by atoms with Crippen LogP contribution in [0.5, 0.6) is 0 Å². The third-order valence-corrected chi connectivity index (χ3v) is 12.6. The van der Waals surface area contributed by atoms with Crippen LogP contribution < -0.4 is 4.90 Å². The first-order valence-corrected chi connectivity index (χ1v) is 22.4. The summed E-state index contributed by atoms with van der Waals surface area (Å²) in [5, 5.41) is 6.38. The highest BCUT2D eigenvalue weighted by Gasteiger charge is 2.17. The Morgan fingerprint density at radius 3 is 1.37 bits per heavy atom. The van der Waals surface area contributed by atoms with E-state index in [-0.39, 0.29) is 46.7 Å². The van der Waals surface area contributed by atoms with Crippen LogP contribution in [0.3, 0.4) is 0 Å². The van der Waals surface area contributed by atoms with Crippen LogP contribution in [0, 0.1) is 0 Å². The van der Waals surface area contributed by atoms with Crippen molar-refractivity contribution in [2.75, 3.05) is 4.90 Å². The van der Waals surface area contributed by atoms with Crippen LogP contribution >= 0.6 is 0 Å². The van der Waals surface area contributed by atoms with Gasteiger partial charge in [0.25, 0.3) is 0 Å². The van der Waals surface area contributed by atoms with E-state index < -0.39 is 24.2 Å². The molecule has 0 spiro atoms. The molecule has 0 saturated carbocycles. The highest BCUT2D eigenvalue weighted by atomic mass is 15.1. The number of hydrogen-bond acceptors (Lipinski definition) is 1. The summed E-state index contributed by atoms with van der Waals surface area (Å²) in [4.78, 5) is 1.36. The summed E-state index contributed by atoms with van der Waals surface area (Å²) in [5.74, 6) is 0. The molecule has 0 unspecified atom stereocenters. The molecule has 0 heterocycles. The highest BCUT2D eigenvalue weighted by Crippen LogP contribution is 2.42. The summed E-state index contributed by atoms with van der Waals surface area (Å²) < 4.78 is 77.6. The molecule has 0 N–H and O–H groups in total. The molecule has 67 heavy (non-hydrogen) atoms. The van der Waals surface area contributed by atoms with Crippen LogP contribution in [0.15, 0.2) is 273 Å². The van der Waals surface area contributed by atoms with E-state index in [9.17, 15) is 11.0 Å². The number of benzene rings is 12. The number of fused-ring (bicyclic) bond motifs is 3. The predicted octanol–water partition coefficient (Wildman–Crippen LogP) is 18.6. The standard InChI is InChI=1S/C66H45N/c1-2-14-56(15-3-1)66-64-19-9-7-13-53(64)37-44-65(66)55-35-42-61(43-36-55)67(59-38-31-49(32-39-59)47-21-23-51(24-22-47)58-30-27-46-11-4-5-16-57(46)45-58)60-40-33-50(34-41-60)48-25-28-54(29-26-48)63-20-10-17-52-12-6-8-18-62(52)63/h1-45H/i31D,32D,35D,36D,38D,39D,42D,43D. The maximum Gasteiger partial charge on any atom is 0.0645 e. The molecule has 0 saturated heterocycles. The molecule has 0 atom stereocenters. The minimum Gasteiger partial charge on any atom is -0.311 e. The van der Waals surface area contributed by atoms with Gasteiger partial charge < -0.3 is 4.90 Å². The predicted molar refractivity (Wildman–Crippen MR) is 286 cm³/mol. The quantitative estimate of drug-likeness (QED) is 0.140. The smallest absolute Gasteiger partial charge is 0.0645 e. The van der Waals surface area contributed by atoms with Crippen molar-refractivity contribution in [1.29, 1.82) is 0 Å². The summed E-state index contributed by atoms with van der Waals surface area (Å²) in [5.41, 5.74) is 8.62. The Morgan fingerprint density at radius 2 is 0.701 bits per heavy atom. The van der Waals surface area contributed by atoms with Gasteiger partial charge in [-0.05, 0) is 141 Å². The van der Waals surface area contributed by atoms with E-state index in [1.54, 1.807) is 24.3 Å². The van der Waals surface area contributed by atoms with Gasteiger partial charge in [0.05, 0.1) is 11.0 Å². The van der Waals surface area contributed by atoms with Gasteiger partial charge in [-0.1, -0.05) is 230 Å². The van der Waals surface area contributed by atoms with E-state index in [4.69, 9.17) is 0 Å². The second-order valence-corrected chi connectivity index (χ2v) is 16.6. The zero-order chi connectivity index (χ0) is 51.5. The van der Waals surface area contributed by atoms with Gasteiger partial charge in [-0.25, -0.2) is 0 Å². The lowest BCUT2D eigenvalue weighted by molar-refractivity contribution is 1.28. The molecule has 1 nitrogen and oxygen atoms in total. The van der Waals surface area contributed by atoms with E-state index in [1.807, 2.05) is 121 Å². The first kappa shape index (κ1) is 32.0. The van der Waals surface area contributed by atoms with Crippen molar-refractivity contribution >= 4 is 49.4 Å². The number of hydrogen-bond donors (Lipinski definition) is 0. The van der Waals surface area contributed by atoms with Crippen molar-refractivity contribution in [2.45, 2.75) is 0 Å². The second-order valence-electron chi connectivity index (χ2n) is 16.6. The fraction of sp³-hybridized carbons (Fsp3) is 0. The van der Waals surface area contributed by atoms with Crippen molar-refractivity contribution in [2.24, 2.45) is 0 Å². The monoisotopic (exact) mass is 859 g/mol. The van der Waals surface area contributed by atoms with E-state index in [0.29, 0.717) is 16.8 Å². The molecule has 1 heteroatoms. The van der Waals surface area contributed by atoms with Crippen molar-refractivity contribution in [1.82, 2.24) is 0 Å². The zero-order valence-corrected chi connectivity index (χ0v) is 36.3. The zero-order valence-electron chi connectivity index (χ0n) is 44.3. The van der Waals surface area contributed by atoms with Crippen molar-refractivity contribution in [3.8, 4) is 66.8 Å². The van der Waals surface area contributed by atoms with Crippen LogP contribution in [0.1, 0.15) is 11.0 Å². The lowest BCUT2D eigenvalue weighted by Gasteiger charge is -2.26. The summed E-state index contributed by atoms with van der Waals surface area (Å²) in [6.45, 7) is 0. The summed E-state index contributed by atoms with van der Waals surface area (Å²) in [6.07, 6.45) is 0. The van der Waals surface area contributed by atoms with Crippen molar-refractivity contribution in [3.05, 3.63) is 273 Å². The molecule has 0 amide bonds. The minimum absolute atomic E-state index is 0.0979. The molecule has 0 aliphatic carbocycles. The molecule has 12 aromatic rings. The molecular formula is C66H45N. The molecule has 0 aliphatic rings. The fourth-order valence-electron chi connectivity index (χ4n) is 9.20. The van der Waals surface area contributed by atoms with Crippen LogP contribution in [-0.4, -0.2) is 0 Å². The summed E-state index contributed by atoms with van der Waals surface area (Å²) in [7, 11) is 0. The van der Waals surface area contributed by atoms with Crippen LogP contribution in [0.25, 0.3) is 99.1 Å². The van der Waals surface area contributed by atoms with E-state index in [2.05, 4.69) is 78.9 Å². The lowest BCUT2D eigenvalue weighted by atomic mass is 9.90. The van der Waals surface area contributed by atoms with E-state index in [1.165, 1.54) is 4.90 Å². The molecule has 0 aliphatic heterocycles. The Morgan fingerprint density at radius 1 is 0.239 bits per heavy atom. The number of anilines is 3. The molecule has 12 aromatic carbocycles. The Bertz CT molecular complexity index is 4130. The van der Waals surface area contributed by atoms with Gasteiger partial charge in [-0.2, -0.15) is 0 Å². The normalized spacial score (nSPS) is 13.0. The van der Waals surface area contributed by atoms with Crippen molar-refractivity contribution in [3.63, 3.8) is 0 Å². The maximum absolute atomic E-state index is 9.82. The second kappa shape index (κ2) is 17.3. The van der Waals surface area contributed by atoms with Gasteiger partial charge in [0.2, 0.25) is 0 Å². The van der Waals surface area contributed by atoms with E-state index in [0.717, 1.165) is 76.8 Å². The van der Waals surface area contributed by atoms with Crippen LogP contribution in [0.4, 0.5) is 17.1 Å². The number of rotatable bonds is 9. The van der Waals surface area contributed by atoms with Gasteiger partial charge in [0.15, 0.2) is 0 Å². The molecular weight excluding hydrogens is 807 g/mol. The minimum atomic E-state index is -0.406. The van der Waals surface area contributed by atoms with Crippen LogP contribution in [0.2, 0.25) is 0 Å². The van der Waals surface area contributed by atoms with Gasteiger partial charge >= 0.3 is 0 Å². The molecule has 12 rings (SSSR count). The van der Waals surface area contributed by atoms with E-state index >= 15 is 0 Å². The Hall–Kier alpha value is -8.78. The first-order chi connectivity index (χ1) is 36.5. The average molecular weight is 860 g/mol. The van der Waals surface area contributed by atoms with Crippen molar-refractivity contribution < 1.29 is 11.0 Å². The molecule has 0 aromatic heterocycles. The summed E-state index contributed by atoms with van der Waals surface area (Å²) >= 11 is 0. The van der Waals surface area contributed by atoms with Gasteiger partial charge in [0.1, 0.15) is 0 Å². The Balaban J connectivity index is 1.00. The third kappa shape index (κ3) is 7.73. The van der Waals surface area contributed by atoms with Gasteiger partial charge in [0, 0.05) is 17.1 Å². The first-order valence-electron chi connectivity index (χ1n) is 26.4. The fourth-order valence-corrected chi connectivity index (χ4v) is 9.20. The Labute approximate surface area is 403 Å². The highest BCUT2D eigenvalue weighted by molar-refractivity contribution is 6.04. The Kier molecular flexibility index (Phi) is 8.26. The number of nitrogens with zero attached hydrogens (tertiary/aromatic N) is 1. The topological polar surface area (TPSA) is 3.24 Å².